The highest BCUT2D eigenvalue weighted by Crippen LogP contribution is 2.12. The van der Waals surface area contributed by atoms with E-state index in [2.05, 4.69) is 161 Å². The third-order valence-corrected chi connectivity index (χ3v) is 11.4. The summed E-state index contributed by atoms with van der Waals surface area (Å²) < 4.78 is 17.4. The second kappa shape index (κ2) is 59.1. The highest BCUT2D eigenvalue weighted by Gasteiger charge is 2.17. The topological polar surface area (TPSA) is 61.8 Å². The summed E-state index contributed by atoms with van der Waals surface area (Å²) in [4.78, 5) is 25.5. The first-order chi connectivity index (χ1) is 34.6. The van der Waals surface area contributed by atoms with Gasteiger partial charge in [0.15, 0.2) is 6.10 Å². The van der Waals surface area contributed by atoms with E-state index in [-0.39, 0.29) is 25.2 Å². The van der Waals surface area contributed by atoms with Gasteiger partial charge in [-0.15, -0.1) is 0 Å². The number of unbranched alkanes of at least 4 members (excludes halogenated alkanes) is 15. The zero-order valence-corrected chi connectivity index (χ0v) is 45.2. The van der Waals surface area contributed by atoms with Crippen LogP contribution in [-0.4, -0.2) is 37.9 Å². The van der Waals surface area contributed by atoms with Gasteiger partial charge in [-0.3, -0.25) is 9.59 Å². The van der Waals surface area contributed by atoms with Crippen molar-refractivity contribution in [2.24, 2.45) is 0 Å². The molecule has 0 aliphatic carbocycles. The molecule has 5 heteroatoms. The zero-order chi connectivity index (χ0) is 50.6. The summed E-state index contributed by atoms with van der Waals surface area (Å²) in [5.41, 5.74) is 0. The van der Waals surface area contributed by atoms with Crippen molar-refractivity contribution in [3.05, 3.63) is 146 Å². The molecule has 0 rings (SSSR count). The van der Waals surface area contributed by atoms with Crippen LogP contribution < -0.4 is 0 Å². The molecule has 0 aromatic carbocycles. The first-order valence-electron chi connectivity index (χ1n) is 28.4. The number of hydrogen-bond donors (Lipinski definition) is 0. The maximum absolute atomic E-state index is 12.8. The molecule has 0 fully saturated rings. The summed E-state index contributed by atoms with van der Waals surface area (Å²) in [6.07, 6.45) is 85.9. The Morgan fingerprint density at radius 3 is 1.09 bits per heavy atom. The molecule has 0 bridgehead atoms. The molecule has 1 atom stereocenters. The van der Waals surface area contributed by atoms with Gasteiger partial charge >= 0.3 is 11.9 Å². The SMILES string of the molecule is CC/C=C\C/C=C\C/C=C\C/C=C\C/C=C\C/C=C\CCC(=O)OCC(COCCCCCCCCC/C=C\C/C=C\C/C=C\C/C=C\CC)OC(=O)CCCCCCC/C=C\C/C=C\CCCCC. The minimum atomic E-state index is -0.592. The molecule has 0 aliphatic rings. The number of allylic oxidation sites excluding steroid dienone is 24. The Bertz CT molecular complexity index is 1510. The van der Waals surface area contributed by atoms with Crippen LogP contribution in [0.1, 0.15) is 226 Å². The predicted molar refractivity (Wildman–Crippen MR) is 306 cm³/mol. The lowest BCUT2D eigenvalue weighted by Crippen LogP contribution is -2.30. The number of hydrogen-bond acceptors (Lipinski definition) is 5. The van der Waals surface area contributed by atoms with Gasteiger partial charge in [0.2, 0.25) is 0 Å². The molecule has 70 heavy (non-hydrogen) atoms. The molecular weight excluding hydrogens is 861 g/mol. The van der Waals surface area contributed by atoms with Crippen LogP contribution in [0, 0.1) is 0 Å². The first-order valence-corrected chi connectivity index (χ1v) is 28.4. The molecule has 0 amide bonds. The fraction of sp³-hybridized carbons (Fsp3) is 0.600. The van der Waals surface area contributed by atoms with Crippen molar-refractivity contribution >= 4 is 11.9 Å². The Hall–Kier alpha value is -4.22. The van der Waals surface area contributed by atoms with Crippen LogP contribution in [-0.2, 0) is 23.8 Å². The number of carbonyl (C=O) groups excluding carboxylic acids is 2. The van der Waals surface area contributed by atoms with E-state index in [0.717, 1.165) is 116 Å². The zero-order valence-electron chi connectivity index (χ0n) is 45.2. The molecule has 5 nitrogen and oxygen atoms in total. The lowest BCUT2D eigenvalue weighted by molar-refractivity contribution is -0.162. The predicted octanol–water partition coefficient (Wildman–Crippen LogP) is 19.7. The largest absolute Gasteiger partial charge is 0.462 e. The van der Waals surface area contributed by atoms with Crippen molar-refractivity contribution < 1.29 is 23.8 Å². The van der Waals surface area contributed by atoms with Crippen LogP contribution in [0.15, 0.2) is 146 Å². The highest BCUT2D eigenvalue weighted by atomic mass is 16.6. The van der Waals surface area contributed by atoms with Crippen LogP contribution >= 0.6 is 0 Å². The minimum Gasteiger partial charge on any atom is -0.462 e. The summed E-state index contributed by atoms with van der Waals surface area (Å²) >= 11 is 0. The third-order valence-electron chi connectivity index (χ3n) is 11.4. The second-order valence-electron chi connectivity index (χ2n) is 18.1. The van der Waals surface area contributed by atoms with Gasteiger partial charge in [-0.1, -0.05) is 231 Å². The minimum absolute atomic E-state index is 0.0252. The van der Waals surface area contributed by atoms with Crippen molar-refractivity contribution in [1.29, 1.82) is 0 Å². The molecule has 0 aliphatic heterocycles. The molecule has 0 heterocycles. The first kappa shape index (κ1) is 65.8. The Kier molecular flexibility index (Phi) is 55.5. The molecule has 0 saturated heterocycles. The van der Waals surface area contributed by atoms with Crippen LogP contribution in [0.25, 0.3) is 0 Å². The Balaban J connectivity index is 4.46. The molecule has 0 aromatic rings. The normalized spacial score (nSPS) is 13.4. The van der Waals surface area contributed by atoms with Gasteiger partial charge in [-0.2, -0.15) is 0 Å². The van der Waals surface area contributed by atoms with E-state index >= 15 is 0 Å². The van der Waals surface area contributed by atoms with E-state index in [4.69, 9.17) is 14.2 Å². The summed E-state index contributed by atoms with van der Waals surface area (Å²) in [6.45, 7) is 7.44. The van der Waals surface area contributed by atoms with Gasteiger partial charge in [-0.25, -0.2) is 0 Å². The fourth-order valence-electron chi connectivity index (χ4n) is 7.20. The molecule has 0 aromatic heterocycles. The van der Waals surface area contributed by atoms with E-state index in [9.17, 15) is 9.59 Å². The molecule has 0 N–H and O–H groups in total. The monoisotopic (exact) mass is 965 g/mol. The summed E-state index contributed by atoms with van der Waals surface area (Å²) in [7, 11) is 0. The van der Waals surface area contributed by atoms with Gasteiger partial charge in [0, 0.05) is 19.4 Å². The van der Waals surface area contributed by atoms with Gasteiger partial charge < -0.3 is 14.2 Å². The molecular formula is C65H104O5. The number of carbonyl (C=O) groups is 2. The smallest absolute Gasteiger partial charge is 0.306 e. The molecule has 0 saturated carbocycles. The lowest BCUT2D eigenvalue weighted by Gasteiger charge is -2.18. The molecule has 0 spiro atoms. The van der Waals surface area contributed by atoms with E-state index in [1.807, 2.05) is 6.08 Å². The van der Waals surface area contributed by atoms with E-state index in [1.165, 1.54) is 70.6 Å². The van der Waals surface area contributed by atoms with E-state index in [0.29, 0.717) is 25.9 Å². The van der Waals surface area contributed by atoms with Crippen LogP contribution in [0.5, 0.6) is 0 Å². The van der Waals surface area contributed by atoms with Gasteiger partial charge in [0.1, 0.15) is 6.61 Å². The lowest BCUT2D eigenvalue weighted by atomic mass is 10.1. The number of rotatable bonds is 50. The maximum atomic E-state index is 12.8. The van der Waals surface area contributed by atoms with Crippen LogP contribution in [0.3, 0.4) is 0 Å². The Morgan fingerprint density at radius 1 is 0.329 bits per heavy atom. The van der Waals surface area contributed by atoms with Gasteiger partial charge in [-0.05, 0) is 128 Å². The van der Waals surface area contributed by atoms with E-state index in [1.54, 1.807) is 0 Å². The van der Waals surface area contributed by atoms with Crippen LogP contribution in [0.2, 0.25) is 0 Å². The fourth-order valence-corrected chi connectivity index (χ4v) is 7.20. The summed E-state index contributed by atoms with van der Waals surface area (Å²) in [5, 5.41) is 0. The Labute approximate surface area is 431 Å². The standard InChI is InChI=1S/C65H104O5/c1-4-7-10-13-16-19-22-25-28-30-32-34-36-39-42-45-48-51-54-57-60-68-61-63(70-65(67)59-56-53-50-47-44-41-37-27-24-21-18-15-12-9-6-3)62-69-64(66)58-55-52-49-46-43-40-38-35-33-31-29-26-23-20-17-14-11-8-5-2/h7-8,10-11,16-21,25-29,32-35,37,40,43,49,52,63H,4-6,9,12-15,22-24,30-31,36,38-39,41-42,44-48,50-51,53-62H2,1-3H3/b10-7-,11-8-,19-16-,20-17-,21-18-,28-25-,29-26-,34-32-,35-33-,37-27-,43-40-,52-49-. The van der Waals surface area contributed by atoms with Crippen molar-refractivity contribution in [3.63, 3.8) is 0 Å². The number of esters is 2. The Morgan fingerprint density at radius 2 is 0.671 bits per heavy atom. The second-order valence-corrected chi connectivity index (χ2v) is 18.1. The maximum Gasteiger partial charge on any atom is 0.306 e. The van der Waals surface area contributed by atoms with Crippen LogP contribution in [0.4, 0.5) is 0 Å². The molecule has 0 radical (unpaired) electrons. The quantitative estimate of drug-likeness (QED) is 0.0345. The molecule has 394 valence electrons. The highest BCUT2D eigenvalue weighted by molar-refractivity contribution is 5.70. The summed E-state index contributed by atoms with van der Waals surface area (Å²) in [6, 6.07) is 0. The van der Waals surface area contributed by atoms with Crippen molar-refractivity contribution in [2.45, 2.75) is 232 Å². The number of ether oxygens (including phenoxy) is 3. The average Bonchev–Trinajstić information content (AvgIpc) is 3.36. The van der Waals surface area contributed by atoms with Gasteiger partial charge in [0.25, 0.3) is 0 Å². The molecule has 1 unspecified atom stereocenters. The van der Waals surface area contributed by atoms with Crippen molar-refractivity contribution in [2.75, 3.05) is 19.8 Å². The summed E-state index contributed by atoms with van der Waals surface area (Å²) in [5.74, 6) is -0.525. The third kappa shape index (κ3) is 56.4. The van der Waals surface area contributed by atoms with E-state index < -0.39 is 6.10 Å². The average molecular weight is 966 g/mol. The van der Waals surface area contributed by atoms with Gasteiger partial charge in [0.05, 0.1) is 6.61 Å². The van der Waals surface area contributed by atoms with Crippen molar-refractivity contribution in [3.8, 4) is 0 Å². The van der Waals surface area contributed by atoms with Crippen molar-refractivity contribution in [1.82, 2.24) is 0 Å².